The summed E-state index contributed by atoms with van der Waals surface area (Å²) in [5.41, 5.74) is 1.10. The van der Waals surface area contributed by atoms with E-state index in [1.54, 1.807) is 25.1 Å². The number of nitrogens with zero attached hydrogens (tertiary/aromatic N) is 3. The van der Waals surface area contributed by atoms with E-state index in [4.69, 9.17) is 0 Å². The molecule has 0 atom stereocenters. The topological polar surface area (TPSA) is 58.1 Å². The zero-order chi connectivity index (χ0) is 15.5. The van der Waals surface area contributed by atoms with E-state index in [0.717, 1.165) is 25.9 Å². The number of hydrogen-bond donors (Lipinski definition) is 1. The largest absolute Gasteiger partial charge is 0.340 e. The maximum Gasteiger partial charge on any atom is 0.272 e. The van der Waals surface area contributed by atoms with Gasteiger partial charge in [-0.25, -0.2) is 14.4 Å². The highest BCUT2D eigenvalue weighted by Crippen LogP contribution is 2.18. The van der Waals surface area contributed by atoms with Crippen LogP contribution >= 0.6 is 0 Å². The van der Waals surface area contributed by atoms with Gasteiger partial charge in [0.2, 0.25) is 0 Å². The molecule has 1 saturated heterocycles. The van der Waals surface area contributed by atoms with E-state index in [1.807, 2.05) is 4.90 Å². The quantitative estimate of drug-likeness (QED) is 0.947. The van der Waals surface area contributed by atoms with E-state index >= 15 is 0 Å². The first-order chi connectivity index (χ1) is 10.6. The fourth-order valence-corrected chi connectivity index (χ4v) is 2.50. The summed E-state index contributed by atoms with van der Waals surface area (Å²) in [5, 5.41) is 3.07. The molecule has 1 fully saturated rings. The van der Waals surface area contributed by atoms with E-state index in [0.29, 0.717) is 23.0 Å². The van der Waals surface area contributed by atoms with Gasteiger partial charge in [-0.1, -0.05) is 0 Å². The molecule has 114 valence electrons. The molecule has 0 saturated carbocycles. The molecule has 6 heteroatoms. The summed E-state index contributed by atoms with van der Waals surface area (Å²) in [5.74, 6) is 0.691. The van der Waals surface area contributed by atoms with Crippen molar-refractivity contribution in [2.75, 3.05) is 18.4 Å². The maximum atomic E-state index is 12.9. The zero-order valence-corrected chi connectivity index (χ0v) is 12.3. The number of halogens is 1. The van der Waals surface area contributed by atoms with Crippen LogP contribution in [0.5, 0.6) is 0 Å². The SMILES string of the molecule is Cc1nc(Nc2ccc(F)cc2)cc(C(=O)N2CCCC2)n1. The Morgan fingerprint density at radius 2 is 1.86 bits per heavy atom. The lowest BCUT2D eigenvalue weighted by Crippen LogP contribution is -2.28. The normalized spacial score (nSPS) is 14.2. The zero-order valence-electron chi connectivity index (χ0n) is 12.3. The number of amides is 1. The molecule has 2 aromatic rings. The van der Waals surface area contributed by atoms with Crippen LogP contribution in [0.25, 0.3) is 0 Å². The number of hydrogen-bond acceptors (Lipinski definition) is 4. The van der Waals surface area contributed by atoms with Crippen molar-refractivity contribution in [1.29, 1.82) is 0 Å². The minimum atomic E-state index is -0.297. The molecule has 0 unspecified atom stereocenters. The Morgan fingerprint density at radius 3 is 2.55 bits per heavy atom. The number of carbonyl (C=O) groups is 1. The molecule has 0 spiro atoms. The third kappa shape index (κ3) is 3.21. The Morgan fingerprint density at radius 1 is 1.18 bits per heavy atom. The van der Waals surface area contributed by atoms with Gasteiger partial charge in [-0.15, -0.1) is 0 Å². The Bertz CT molecular complexity index is 681. The standard InChI is InChI=1S/C16H17FN4O/c1-11-18-14(16(22)21-8-2-3-9-21)10-15(19-11)20-13-6-4-12(17)5-7-13/h4-7,10H,2-3,8-9H2,1H3,(H,18,19,20). The average Bonchev–Trinajstić information content (AvgIpc) is 3.02. The Balaban J connectivity index is 1.82. The molecule has 22 heavy (non-hydrogen) atoms. The second-order valence-corrected chi connectivity index (χ2v) is 5.32. The molecule has 1 amide bonds. The van der Waals surface area contributed by atoms with Crippen LogP contribution in [0.1, 0.15) is 29.2 Å². The van der Waals surface area contributed by atoms with Gasteiger partial charge in [0.15, 0.2) is 0 Å². The summed E-state index contributed by atoms with van der Waals surface area (Å²) in [6.07, 6.45) is 2.08. The molecular weight excluding hydrogens is 283 g/mol. The summed E-state index contributed by atoms with van der Waals surface area (Å²) in [4.78, 5) is 22.7. The average molecular weight is 300 g/mol. The van der Waals surface area contributed by atoms with Crippen LogP contribution < -0.4 is 5.32 Å². The highest BCUT2D eigenvalue weighted by atomic mass is 19.1. The van der Waals surface area contributed by atoms with Crippen molar-refractivity contribution in [2.24, 2.45) is 0 Å². The highest BCUT2D eigenvalue weighted by molar-refractivity contribution is 5.93. The summed E-state index contributed by atoms with van der Waals surface area (Å²) in [7, 11) is 0. The maximum absolute atomic E-state index is 12.9. The number of aromatic nitrogens is 2. The lowest BCUT2D eigenvalue weighted by molar-refractivity contribution is 0.0786. The third-order valence-electron chi connectivity index (χ3n) is 3.57. The molecule has 1 aliphatic heterocycles. The number of rotatable bonds is 3. The number of carbonyl (C=O) groups excluding carboxylic acids is 1. The van der Waals surface area contributed by atoms with E-state index in [1.165, 1.54) is 12.1 Å². The molecule has 0 aliphatic carbocycles. The predicted octanol–water partition coefficient (Wildman–Crippen LogP) is 2.90. The minimum absolute atomic E-state index is 0.0647. The number of aryl methyl sites for hydroxylation is 1. The molecule has 1 N–H and O–H groups in total. The number of anilines is 2. The summed E-state index contributed by atoms with van der Waals surface area (Å²) >= 11 is 0. The highest BCUT2D eigenvalue weighted by Gasteiger charge is 2.21. The predicted molar refractivity (Wildman–Crippen MR) is 81.6 cm³/mol. The van der Waals surface area contributed by atoms with Crippen LogP contribution in [0.3, 0.4) is 0 Å². The van der Waals surface area contributed by atoms with Gasteiger partial charge in [-0.3, -0.25) is 4.79 Å². The molecule has 2 heterocycles. The van der Waals surface area contributed by atoms with Crippen molar-refractivity contribution in [2.45, 2.75) is 19.8 Å². The molecule has 3 rings (SSSR count). The van der Waals surface area contributed by atoms with Gasteiger partial charge >= 0.3 is 0 Å². The monoisotopic (exact) mass is 300 g/mol. The summed E-state index contributed by atoms with van der Waals surface area (Å²) in [6.45, 7) is 3.31. The van der Waals surface area contributed by atoms with Crippen molar-refractivity contribution in [3.63, 3.8) is 0 Å². The molecule has 1 aliphatic rings. The first-order valence-electron chi connectivity index (χ1n) is 7.29. The van der Waals surface area contributed by atoms with Gasteiger partial charge in [0, 0.05) is 24.8 Å². The molecular formula is C16H17FN4O. The minimum Gasteiger partial charge on any atom is -0.340 e. The van der Waals surface area contributed by atoms with Gasteiger partial charge < -0.3 is 10.2 Å². The number of nitrogens with one attached hydrogen (secondary N) is 1. The Hall–Kier alpha value is -2.50. The van der Waals surface area contributed by atoms with Crippen LogP contribution in [0.4, 0.5) is 15.9 Å². The van der Waals surface area contributed by atoms with Gasteiger partial charge in [0.05, 0.1) is 0 Å². The van der Waals surface area contributed by atoms with Crippen LogP contribution in [0.2, 0.25) is 0 Å². The first kappa shape index (κ1) is 14.4. The fraction of sp³-hybridized carbons (Fsp3) is 0.312. The second-order valence-electron chi connectivity index (χ2n) is 5.32. The van der Waals surface area contributed by atoms with Crippen LogP contribution in [-0.2, 0) is 0 Å². The molecule has 1 aromatic carbocycles. The molecule has 5 nitrogen and oxygen atoms in total. The first-order valence-corrected chi connectivity index (χ1v) is 7.29. The fourth-order valence-electron chi connectivity index (χ4n) is 2.50. The molecule has 0 bridgehead atoms. The van der Waals surface area contributed by atoms with Crippen molar-refractivity contribution >= 4 is 17.4 Å². The van der Waals surface area contributed by atoms with Crippen molar-refractivity contribution in [3.8, 4) is 0 Å². The van der Waals surface area contributed by atoms with Gasteiger partial charge in [0.1, 0.15) is 23.2 Å². The Labute approximate surface area is 128 Å². The lowest BCUT2D eigenvalue weighted by atomic mass is 10.3. The smallest absolute Gasteiger partial charge is 0.272 e. The van der Waals surface area contributed by atoms with E-state index in [9.17, 15) is 9.18 Å². The summed E-state index contributed by atoms with van der Waals surface area (Å²) < 4.78 is 12.9. The van der Waals surface area contributed by atoms with E-state index in [-0.39, 0.29) is 11.7 Å². The molecule has 1 aromatic heterocycles. The number of benzene rings is 1. The van der Waals surface area contributed by atoms with Crippen molar-refractivity contribution in [3.05, 3.63) is 47.7 Å². The van der Waals surface area contributed by atoms with Crippen LogP contribution in [0.15, 0.2) is 30.3 Å². The van der Waals surface area contributed by atoms with E-state index in [2.05, 4.69) is 15.3 Å². The van der Waals surface area contributed by atoms with E-state index < -0.39 is 0 Å². The Kier molecular flexibility index (Phi) is 4.00. The van der Waals surface area contributed by atoms with Gasteiger partial charge in [-0.2, -0.15) is 0 Å². The second kappa shape index (κ2) is 6.09. The lowest BCUT2D eigenvalue weighted by Gasteiger charge is -2.15. The van der Waals surface area contributed by atoms with Gasteiger partial charge in [0.25, 0.3) is 5.91 Å². The number of likely N-dealkylation sites (tertiary alicyclic amines) is 1. The van der Waals surface area contributed by atoms with Crippen molar-refractivity contribution in [1.82, 2.24) is 14.9 Å². The molecule has 0 radical (unpaired) electrons. The van der Waals surface area contributed by atoms with Crippen LogP contribution in [0, 0.1) is 12.7 Å². The van der Waals surface area contributed by atoms with Crippen molar-refractivity contribution < 1.29 is 9.18 Å². The third-order valence-corrected chi connectivity index (χ3v) is 3.57. The van der Waals surface area contributed by atoms with Gasteiger partial charge in [-0.05, 0) is 44.0 Å². The van der Waals surface area contributed by atoms with Crippen LogP contribution in [-0.4, -0.2) is 33.9 Å². The summed E-state index contributed by atoms with van der Waals surface area (Å²) in [6, 6.07) is 7.61.